The molecular formula is C22H21N5O4. The summed E-state index contributed by atoms with van der Waals surface area (Å²) in [4.78, 5) is 48.8. The van der Waals surface area contributed by atoms with Gasteiger partial charge in [-0.3, -0.25) is 19.0 Å². The van der Waals surface area contributed by atoms with E-state index in [1.54, 1.807) is 21.9 Å². The van der Waals surface area contributed by atoms with Crippen LogP contribution in [0.4, 0.5) is 0 Å². The van der Waals surface area contributed by atoms with Crippen LogP contribution in [0.3, 0.4) is 0 Å². The standard InChI is InChI=1S/C22H21N5O4/c28-18(25-9-11-26(12-10-25)21(29)17-6-3-13-31-17)7-8-27-14-23-19-15-4-1-2-5-16(15)24-20(19)22(27)30/h1-6,13-14,24H,7-12H2. The minimum absolute atomic E-state index is 0.0475. The highest BCUT2D eigenvalue weighted by Gasteiger charge is 2.26. The van der Waals surface area contributed by atoms with Crippen molar-refractivity contribution < 1.29 is 14.0 Å². The first kappa shape index (κ1) is 19.1. The molecule has 4 heterocycles. The van der Waals surface area contributed by atoms with Crippen LogP contribution < -0.4 is 5.56 Å². The Morgan fingerprint density at radius 2 is 1.81 bits per heavy atom. The van der Waals surface area contributed by atoms with E-state index in [1.165, 1.54) is 17.2 Å². The molecule has 31 heavy (non-hydrogen) atoms. The molecule has 1 aliphatic rings. The first-order valence-electron chi connectivity index (χ1n) is 10.2. The maximum atomic E-state index is 12.8. The normalized spacial score (nSPS) is 14.5. The summed E-state index contributed by atoms with van der Waals surface area (Å²) < 4.78 is 6.62. The lowest BCUT2D eigenvalue weighted by molar-refractivity contribution is -0.132. The van der Waals surface area contributed by atoms with Gasteiger partial charge in [0.1, 0.15) is 11.0 Å². The summed E-state index contributed by atoms with van der Waals surface area (Å²) in [6.07, 6.45) is 3.16. The maximum absolute atomic E-state index is 12.8. The zero-order valence-electron chi connectivity index (χ0n) is 16.8. The number of aryl methyl sites for hydroxylation is 1. The van der Waals surface area contributed by atoms with Gasteiger partial charge in [-0.15, -0.1) is 0 Å². The number of nitrogens with one attached hydrogen (secondary N) is 1. The molecule has 1 saturated heterocycles. The number of piperazine rings is 1. The third-order valence-corrected chi connectivity index (χ3v) is 5.70. The van der Waals surface area contributed by atoms with Crippen LogP contribution in [0.1, 0.15) is 17.0 Å². The molecule has 0 spiro atoms. The van der Waals surface area contributed by atoms with E-state index in [4.69, 9.17) is 4.42 Å². The molecule has 2 amide bonds. The van der Waals surface area contributed by atoms with Crippen molar-refractivity contribution in [2.75, 3.05) is 26.2 Å². The van der Waals surface area contributed by atoms with Gasteiger partial charge >= 0.3 is 0 Å². The van der Waals surface area contributed by atoms with Crippen molar-refractivity contribution >= 4 is 33.8 Å². The van der Waals surface area contributed by atoms with E-state index >= 15 is 0 Å². The van der Waals surface area contributed by atoms with Crippen molar-refractivity contribution in [1.82, 2.24) is 24.3 Å². The summed E-state index contributed by atoms with van der Waals surface area (Å²) in [5.74, 6) is 0.0918. The molecule has 9 heteroatoms. The molecule has 4 aromatic rings. The fourth-order valence-electron chi connectivity index (χ4n) is 3.99. The number of para-hydroxylation sites is 1. The van der Waals surface area contributed by atoms with Gasteiger partial charge in [-0.25, -0.2) is 4.98 Å². The maximum Gasteiger partial charge on any atom is 0.289 e. The molecular weight excluding hydrogens is 398 g/mol. The van der Waals surface area contributed by atoms with Crippen molar-refractivity contribution in [1.29, 1.82) is 0 Å². The summed E-state index contributed by atoms with van der Waals surface area (Å²) in [6, 6.07) is 10.9. The number of fused-ring (bicyclic) bond motifs is 3. The van der Waals surface area contributed by atoms with Crippen molar-refractivity contribution in [3.63, 3.8) is 0 Å². The molecule has 158 valence electrons. The molecule has 3 aromatic heterocycles. The Kier molecular flexibility index (Phi) is 4.78. The van der Waals surface area contributed by atoms with Gasteiger partial charge in [-0.1, -0.05) is 18.2 Å². The molecule has 1 N–H and O–H groups in total. The van der Waals surface area contributed by atoms with Crippen molar-refractivity contribution in [2.24, 2.45) is 0 Å². The summed E-state index contributed by atoms with van der Waals surface area (Å²) in [6.45, 7) is 2.07. The van der Waals surface area contributed by atoms with Gasteiger partial charge in [0.05, 0.1) is 12.6 Å². The summed E-state index contributed by atoms with van der Waals surface area (Å²) in [5, 5.41) is 0.903. The van der Waals surface area contributed by atoms with Gasteiger partial charge in [-0.05, 0) is 18.2 Å². The predicted molar refractivity (Wildman–Crippen MR) is 114 cm³/mol. The Morgan fingerprint density at radius 1 is 1.03 bits per heavy atom. The topological polar surface area (TPSA) is 104 Å². The predicted octanol–water partition coefficient (Wildman–Crippen LogP) is 1.85. The van der Waals surface area contributed by atoms with Gasteiger partial charge in [0.25, 0.3) is 11.5 Å². The number of carbonyl (C=O) groups excluding carboxylic acids is 2. The second-order valence-corrected chi connectivity index (χ2v) is 7.54. The Labute approximate surface area is 176 Å². The third-order valence-electron chi connectivity index (χ3n) is 5.70. The number of benzene rings is 1. The number of aromatic amines is 1. The smallest absolute Gasteiger partial charge is 0.289 e. The molecule has 1 fully saturated rings. The van der Waals surface area contributed by atoms with Crippen LogP contribution in [-0.4, -0.2) is 62.3 Å². The molecule has 5 rings (SSSR count). The van der Waals surface area contributed by atoms with Gasteiger partial charge in [0.15, 0.2) is 5.76 Å². The highest BCUT2D eigenvalue weighted by molar-refractivity contribution is 6.04. The Balaban J connectivity index is 1.22. The van der Waals surface area contributed by atoms with Crippen LogP contribution in [0.5, 0.6) is 0 Å². The average molecular weight is 419 g/mol. The second kappa shape index (κ2) is 7.75. The van der Waals surface area contributed by atoms with Crippen LogP contribution in [0.15, 0.2) is 58.2 Å². The van der Waals surface area contributed by atoms with E-state index < -0.39 is 0 Å². The Hall–Kier alpha value is -3.88. The zero-order valence-corrected chi connectivity index (χ0v) is 16.8. The molecule has 9 nitrogen and oxygen atoms in total. The highest BCUT2D eigenvalue weighted by Crippen LogP contribution is 2.20. The molecule has 0 radical (unpaired) electrons. The SMILES string of the molecule is O=C(CCn1cnc2c([nH]c3ccccc32)c1=O)N1CCN(C(=O)c2ccco2)CC1. The monoisotopic (exact) mass is 419 g/mol. The van der Waals surface area contributed by atoms with E-state index in [-0.39, 0.29) is 30.3 Å². The number of hydrogen-bond acceptors (Lipinski definition) is 5. The van der Waals surface area contributed by atoms with E-state index in [1.807, 2.05) is 24.3 Å². The van der Waals surface area contributed by atoms with E-state index in [2.05, 4.69) is 9.97 Å². The summed E-state index contributed by atoms with van der Waals surface area (Å²) >= 11 is 0. The van der Waals surface area contributed by atoms with Crippen molar-refractivity contribution in [2.45, 2.75) is 13.0 Å². The highest BCUT2D eigenvalue weighted by atomic mass is 16.3. The Morgan fingerprint density at radius 3 is 2.58 bits per heavy atom. The minimum Gasteiger partial charge on any atom is -0.459 e. The second-order valence-electron chi connectivity index (χ2n) is 7.54. The van der Waals surface area contributed by atoms with E-state index in [0.717, 1.165) is 10.9 Å². The minimum atomic E-state index is -0.192. The average Bonchev–Trinajstić information content (AvgIpc) is 3.47. The fourth-order valence-corrected chi connectivity index (χ4v) is 3.99. The first-order valence-corrected chi connectivity index (χ1v) is 10.2. The molecule has 0 bridgehead atoms. The lowest BCUT2D eigenvalue weighted by atomic mass is 10.2. The molecule has 1 aliphatic heterocycles. The summed E-state index contributed by atoms with van der Waals surface area (Å²) in [5.41, 5.74) is 1.75. The van der Waals surface area contributed by atoms with E-state index in [0.29, 0.717) is 43.0 Å². The molecule has 1 aromatic carbocycles. The largest absolute Gasteiger partial charge is 0.459 e. The third kappa shape index (κ3) is 3.48. The molecule has 0 unspecified atom stereocenters. The van der Waals surface area contributed by atoms with Crippen LogP contribution >= 0.6 is 0 Å². The van der Waals surface area contributed by atoms with Crippen LogP contribution in [-0.2, 0) is 11.3 Å². The van der Waals surface area contributed by atoms with Crippen molar-refractivity contribution in [3.8, 4) is 0 Å². The molecule has 0 saturated carbocycles. The number of rotatable bonds is 4. The zero-order chi connectivity index (χ0) is 21.4. The molecule has 0 aliphatic carbocycles. The van der Waals surface area contributed by atoms with Crippen LogP contribution in [0.2, 0.25) is 0 Å². The van der Waals surface area contributed by atoms with Crippen LogP contribution in [0, 0.1) is 0 Å². The number of nitrogens with zero attached hydrogens (tertiary/aromatic N) is 4. The fraction of sp³-hybridized carbons (Fsp3) is 0.273. The van der Waals surface area contributed by atoms with E-state index in [9.17, 15) is 14.4 Å². The number of amides is 2. The van der Waals surface area contributed by atoms with Gasteiger partial charge < -0.3 is 19.2 Å². The van der Waals surface area contributed by atoms with Crippen LogP contribution in [0.25, 0.3) is 21.9 Å². The number of carbonyl (C=O) groups is 2. The Bertz CT molecular complexity index is 1310. The number of H-pyrrole nitrogens is 1. The number of aromatic nitrogens is 3. The van der Waals surface area contributed by atoms with Gasteiger partial charge in [0, 0.05) is 50.0 Å². The lowest BCUT2D eigenvalue weighted by Gasteiger charge is -2.34. The lowest BCUT2D eigenvalue weighted by Crippen LogP contribution is -2.50. The number of hydrogen-bond donors (Lipinski definition) is 1. The molecule has 0 atom stereocenters. The van der Waals surface area contributed by atoms with Gasteiger partial charge in [-0.2, -0.15) is 0 Å². The number of furan rings is 1. The van der Waals surface area contributed by atoms with Crippen molar-refractivity contribution in [3.05, 3.63) is 65.1 Å². The summed E-state index contributed by atoms with van der Waals surface area (Å²) in [7, 11) is 0. The first-order chi connectivity index (χ1) is 15.1. The van der Waals surface area contributed by atoms with Gasteiger partial charge in [0.2, 0.25) is 5.91 Å². The quantitative estimate of drug-likeness (QED) is 0.544.